The second kappa shape index (κ2) is 13.4. The van der Waals surface area contributed by atoms with E-state index in [1.54, 1.807) is 84.9 Å². The van der Waals surface area contributed by atoms with Crippen molar-refractivity contribution in [1.29, 1.82) is 0 Å². The van der Waals surface area contributed by atoms with E-state index in [9.17, 15) is 18.0 Å². The number of nitrogens with one attached hydrogen (secondary N) is 1. The number of halogens is 1. The second-order valence-electron chi connectivity index (χ2n) is 9.28. The van der Waals surface area contributed by atoms with Crippen molar-refractivity contribution in [2.45, 2.75) is 25.7 Å². The summed E-state index contributed by atoms with van der Waals surface area (Å²) in [5, 5.41) is 3.39. The molecule has 0 aliphatic carbocycles. The molecule has 1 unspecified atom stereocenters. The minimum absolute atomic E-state index is 0.0148. The van der Waals surface area contributed by atoms with Crippen molar-refractivity contribution < 1.29 is 22.4 Å². The summed E-state index contributed by atoms with van der Waals surface area (Å²) in [5.74, 6) is -0.404. The van der Waals surface area contributed by atoms with E-state index >= 15 is 0 Å². The van der Waals surface area contributed by atoms with Gasteiger partial charge in [0.25, 0.3) is 0 Å². The number of nitrogens with zero attached hydrogens (tertiary/aromatic N) is 2. The van der Waals surface area contributed by atoms with Crippen LogP contribution in [0, 0.1) is 0 Å². The van der Waals surface area contributed by atoms with Gasteiger partial charge in [-0.15, -0.1) is 0 Å². The smallest absolute Gasteiger partial charge is 0.247 e. The van der Waals surface area contributed by atoms with Crippen LogP contribution in [-0.2, 0) is 39.2 Å². The van der Waals surface area contributed by atoms with Crippen LogP contribution in [0.1, 0.15) is 28.5 Å². The first-order valence-corrected chi connectivity index (χ1v) is 14.8. The van der Waals surface area contributed by atoms with Crippen molar-refractivity contribution in [3.8, 4) is 0 Å². The Morgan fingerprint density at radius 2 is 1.48 bits per heavy atom. The first-order valence-electron chi connectivity index (χ1n) is 12.6. The maximum absolute atomic E-state index is 14.0. The Hall–Kier alpha value is -3.92. The van der Waals surface area contributed by atoms with E-state index in [0.29, 0.717) is 16.3 Å². The number of hydrogen-bond acceptors (Lipinski definition) is 5. The quantitative estimate of drug-likeness (QED) is 0.260. The zero-order chi connectivity index (χ0) is 28.5. The number of hydrogen-bond donors (Lipinski definition) is 1. The van der Waals surface area contributed by atoms with Crippen LogP contribution in [0.5, 0.6) is 0 Å². The molecule has 0 spiro atoms. The van der Waals surface area contributed by atoms with Crippen molar-refractivity contribution in [3.05, 3.63) is 131 Å². The van der Waals surface area contributed by atoms with Gasteiger partial charge in [-0.05, 0) is 41.0 Å². The molecule has 0 radical (unpaired) electrons. The van der Waals surface area contributed by atoms with E-state index in [1.807, 2.05) is 12.1 Å². The molecule has 0 bridgehead atoms. The summed E-state index contributed by atoms with van der Waals surface area (Å²) < 4.78 is 32.0. The number of amides is 2. The minimum Gasteiger partial charge on any atom is -0.467 e. The SMILES string of the molecule is CS(=O)(=O)N(CC(=O)N(Cc1ccc(Cl)cc1)C(C(=O)NCc1ccco1)c1ccccc1)Cc1ccccc1. The molecule has 1 N–H and O–H groups in total. The summed E-state index contributed by atoms with van der Waals surface area (Å²) in [7, 11) is -3.77. The fourth-order valence-electron chi connectivity index (χ4n) is 4.22. The molecule has 0 saturated carbocycles. The van der Waals surface area contributed by atoms with Gasteiger partial charge in [0, 0.05) is 18.1 Å². The van der Waals surface area contributed by atoms with Crippen molar-refractivity contribution >= 4 is 33.4 Å². The summed E-state index contributed by atoms with van der Waals surface area (Å²) in [6.45, 7) is -0.259. The zero-order valence-corrected chi connectivity index (χ0v) is 23.5. The van der Waals surface area contributed by atoms with Gasteiger partial charge in [-0.2, -0.15) is 4.31 Å². The fourth-order valence-corrected chi connectivity index (χ4v) is 5.08. The maximum atomic E-state index is 14.0. The van der Waals surface area contributed by atoms with Crippen molar-refractivity contribution in [3.63, 3.8) is 0 Å². The molecule has 2 amide bonds. The largest absolute Gasteiger partial charge is 0.467 e. The molecule has 208 valence electrons. The molecule has 10 heteroatoms. The highest BCUT2D eigenvalue weighted by molar-refractivity contribution is 7.88. The molecular formula is C30H30ClN3O5S. The number of sulfonamides is 1. The van der Waals surface area contributed by atoms with Gasteiger partial charge in [0.05, 0.1) is 25.6 Å². The number of carbonyl (C=O) groups is 2. The lowest BCUT2D eigenvalue weighted by molar-refractivity contribution is -0.142. The summed E-state index contributed by atoms with van der Waals surface area (Å²) in [6.07, 6.45) is 2.58. The number of benzene rings is 3. The average Bonchev–Trinajstić information content (AvgIpc) is 3.47. The van der Waals surface area contributed by atoms with Crippen LogP contribution in [-0.4, -0.2) is 42.2 Å². The Bertz CT molecular complexity index is 1500. The summed E-state index contributed by atoms with van der Waals surface area (Å²) in [4.78, 5) is 29.1. The number of carbonyl (C=O) groups excluding carboxylic acids is 2. The van der Waals surface area contributed by atoms with E-state index in [0.717, 1.165) is 21.7 Å². The topological polar surface area (TPSA) is 99.9 Å². The maximum Gasteiger partial charge on any atom is 0.247 e. The lowest BCUT2D eigenvalue weighted by atomic mass is 10.0. The summed E-state index contributed by atoms with van der Waals surface area (Å²) in [6, 6.07) is 27.3. The highest BCUT2D eigenvalue weighted by Crippen LogP contribution is 2.25. The average molecular weight is 580 g/mol. The molecule has 1 aromatic heterocycles. The minimum atomic E-state index is -3.77. The van der Waals surface area contributed by atoms with Crippen molar-refractivity contribution in [2.24, 2.45) is 0 Å². The molecule has 0 fully saturated rings. The van der Waals surface area contributed by atoms with Gasteiger partial charge in [-0.25, -0.2) is 8.42 Å². The van der Waals surface area contributed by atoms with Crippen LogP contribution in [0.2, 0.25) is 5.02 Å². The van der Waals surface area contributed by atoms with E-state index < -0.39 is 34.4 Å². The Morgan fingerprint density at radius 3 is 2.08 bits per heavy atom. The van der Waals surface area contributed by atoms with Gasteiger partial charge in [0.15, 0.2) is 0 Å². The van der Waals surface area contributed by atoms with Crippen LogP contribution in [0.4, 0.5) is 0 Å². The van der Waals surface area contributed by atoms with E-state index in [4.69, 9.17) is 16.0 Å². The van der Waals surface area contributed by atoms with E-state index in [-0.39, 0.29) is 19.6 Å². The van der Waals surface area contributed by atoms with Crippen molar-refractivity contribution in [2.75, 3.05) is 12.8 Å². The number of furan rings is 1. The van der Waals surface area contributed by atoms with Gasteiger partial charge < -0.3 is 14.6 Å². The molecular weight excluding hydrogens is 550 g/mol. The Morgan fingerprint density at radius 1 is 0.850 bits per heavy atom. The molecule has 0 aliphatic heterocycles. The predicted molar refractivity (Wildman–Crippen MR) is 153 cm³/mol. The van der Waals surface area contributed by atoms with Crippen LogP contribution in [0.3, 0.4) is 0 Å². The zero-order valence-electron chi connectivity index (χ0n) is 21.9. The van der Waals surface area contributed by atoms with Gasteiger partial charge >= 0.3 is 0 Å². The Balaban J connectivity index is 1.69. The van der Waals surface area contributed by atoms with Crippen LogP contribution in [0.25, 0.3) is 0 Å². The second-order valence-corrected chi connectivity index (χ2v) is 11.7. The Kier molecular flexibility index (Phi) is 9.76. The highest BCUT2D eigenvalue weighted by atomic mass is 35.5. The van der Waals surface area contributed by atoms with Gasteiger partial charge in [-0.3, -0.25) is 9.59 Å². The summed E-state index contributed by atoms with van der Waals surface area (Å²) >= 11 is 6.08. The van der Waals surface area contributed by atoms with Crippen LogP contribution >= 0.6 is 11.6 Å². The lowest BCUT2D eigenvalue weighted by Gasteiger charge is -2.33. The molecule has 3 aromatic carbocycles. The first-order chi connectivity index (χ1) is 19.2. The van der Waals surface area contributed by atoms with Crippen LogP contribution < -0.4 is 5.32 Å². The highest BCUT2D eigenvalue weighted by Gasteiger charge is 2.33. The molecule has 4 aromatic rings. The lowest BCUT2D eigenvalue weighted by Crippen LogP contribution is -2.47. The molecule has 4 rings (SSSR count). The van der Waals surface area contributed by atoms with E-state index in [2.05, 4.69) is 5.32 Å². The Labute approximate surface area is 239 Å². The summed E-state index contributed by atoms with van der Waals surface area (Å²) in [5.41, 5.74) is 2.04. The molecule has 40 heavy (non-hydrogen) atoms. The molecule has 0 aliphatic rings. The fraction of sp³-hybridized carbons (Fsp3) is 0.200. The van der Waals surface area contributed by atoms with Crippen LogP contribution in [0.15, 0.2) is 108 Å². The van der Waals surface area contributed by atoms with Gasteiger partial charge in [0.1, 0.15) is 11.8 Å². The molecule has 8 nitrogen and oxygen atoms in total. The molecule has 1 atom stereocenters. The third kappa shape index (κ3) is 8.05. The van der Waals surface area contributed by atoms with Gasteiger partial charge in [0.2, 0.25) is 21.8 Å². The molecule has 1 heterocycles. The predicted octanol–water partition coefficient (Wildman–Crippen LogP) is 4.78. The third-order valence-electron chi connectivity index (χ3n) is 6.26. The normalized spacial score (nSPS) is 12.2. The van der Waals surface area contributed by atoms with Gasteiger partial charge in [-0.1, -0.05) is 84.4 Å². The number of rotatable bonds is 12. The van der Waals surface area contributed by atoms with Crippen molar-refractivity contribution in [1.82, 2.24) is 14.5 Å². The standard InChI is InChI=1S/C30H30ClN3O5S/c1-40(37,38)33(20-23-9-4-2-5-10-23)22-28(35)34(21-24-14-16-26(31)17-15-24)29(25-11-6-3-7-12-25)30(36)32-19-27-13-8-18-39-27/h2-18,29H,19-22H2,1H3,(H,32,36). The monoisotopic (exact) mass is 579 g/mol. The third-order valence-corrected chi connectivity index (χ3v) is 7.71. The molecule has 0 saturated heterocycles. The van der Waals surface area contributed by atoms with E-state index in [1.165, 1.54) is 11.2 Å². The first kappa shape index (κ1) is 29.1.